The van der Waals surface area contributed by atoms with Gasteiger partial charge in [0.25, 0.3) is 5.92 Å². The molecule has 0 saturated carbocycles. The molecule has 0 radical (unpaired) electrons. The van der Waals surface area contributed by atoms with Crippen LogP contribution in [0.5, 0.6) is 0 Å². The quantitative estimate of drug-likeness (QED) is 0.682. The Morgan fingerprint density at radius 1 is 1.69 bits per heavy atom. The molecule has 1 rings (SSSR count). The average molecular weight is 189 g/mol. The van der Waals surface area contributed by atoms with Crippen LogP contribution in [-0.4, -0.2) is 24.3 Å². The van der Waals surface area contributed by atoms with E-state index >= 15 is 0 Å². The van der Waals surface area contributed by atoms with E-state index in [1.807, 2.05) is 0 Å². The van der Waals surface area contributed by atoms with Crippen LogP contribution in [-0.2, 0) is 4.79 Å². The number of carbonyl (C=O) groups excluding carboxylic acids is 1. The Hall–Kier alpha value is -0.770. The SMILES string of the molecule is CC(=O)/C=C/CC1CC(F)(F)CN1. The molecule has 0 amide bonds. The van der Waals surface area contributed by atoms with E-state index in [1.54, 1.807) is 6.08 Å². The molecule has 1 saturated heterocycles. The molecule has 4 heteroatoms. The Morgan fingerprint density at radius 2 is 2.38 bits per heavy atom. The van der Waals surface area contributed by atoms with E-state index in [0.717, 1.165) is 0 Å². The summed E-state index contributed by atoms with van der Waals surface area (Å²) >= 11 is 0. The maximum Gasteiger partial charge on any atom is 0.261 e. The molecule has 1 fully saturated rings. The normalized spacial score (nSPS) is 26.8. The van der Waals surface area contributed by atoms with Crippen LogP contribution in [0.3, 0.4) is 0 Å². The minimum absolute atomic E-state index is 0.0512. The van der Waals surface area contributed by atoms with Crippen molar-refractivity contribution in [3.8, 4) is 0 Å². The van der Waals surface area contributed by atoms with Gasteiger partial charge in [-0.3, -0.25) is 4.79 Å². The third-order valence-corrected chi connectivity index (χ3v) is 1.97. The zero-order chi connectivity index (χ0) is 9.90. The first-order valence-corrected chi connectivity index (χ1v) is 4.28. The van der Waals surface area contributed by atoms with E-state index in [9.17, 15) is 13.6 Å². The van der Waals surface area contributed by atoms with Gasteiger partial charge in [0.05, 0.1) is 6.54 Å². The van der Waals surface area contributed by atoms with Gasteiger partial charge in [-0.25, -0.2) is 8.78 Å². The summed E-state index contributed by atoms with van der Waals surface area (Å²) in [4.78, 5) is 10.5. The third kappa shape index (κ3) is 3.63. The zero-order valence-corrected chi connectivity index (χ0v) is 7.52. The maximum absolute atomic E-state index is 12.6. The Bertz CT molecular complexity index is 226. The van der Waals surface area contributed by atoms with Gasteiger partial charge in [-0.1, -0.05) is 6.08 Å². The molecule has 0 spiro atoms. The monoisotopic (exact) mass is 189 g/mol. The van der Waals surface area contributed by atoms with Gasteiger partial charge in [0.2, 0.25) is 0 Å². The molecule has 1 aliphatic heterocycles. The van der Waals surface area contributed by atoms with E-state index in [4.69, 9.17) is 0 Å². The summed E-state index contributed by atoms with van der Waals surface area (Å²) in [6, 6.07) is -0.189. The lowest BCUT2D eigenvalue weighted by atomic mass is 10.1. The van der Waals surface area contributed by atoms with Crippen LogP contribution in [0.2, 0.25) is 0 Å². The third-order valence-electron chi connectivity index (χ3n) is 1.97. The second kappa shape index (κ2) is 3.96. The highest BCUT2D eigenvalue weighted by atomic mass is 19.3. The van der Waals surface area contributed by atoms with Crippen molar-refractivity contribution in [2.75, 3.05) is 6.54 Å². The first kappa shape index (κ1) is 10.3. The molecule has 2 nitrogen and oxygen atoms in total. The molecule has 1 unspecified atom stereocenters. The van der Waals surface area contributed by atoms with E-state index in [0.29, 0.717) is 6.42 Å². The molecule has 74 valence electrons. The standard InChI is InChI=1S/C9H13F2NO/c1-7(13)3-2-4-8-5-9(10,11)6-12-8/h2-3,8,12H,4-6H2,1H3/b3-2+. The number of allylic oxidation sites excluding steroid dienone is 1. The Morgan fingerprint density at radius 3 is 2.85 bits per heavy atom. The number of nitrogens with one attached hydrogen (secondary N) is 1. The number of hydrogen-bond donors (Lipinski definition) is 1. The molecule has 13 heavy (non-hydrogen) atoms. The van der Waals surface area contributed by atoms with Crippen LogP contribution in [0.25, 0.3) is 0 Å². The predicted molar refractivity (Wildman–Crippen MR) is 45.8 cm³/mol. The molecule has 1 atom stereocenters. The Balaban J connectivity index is 2.29. The van der Waals surface area contributed by atoms with Crippen LogP contribution in [0, 0.1) is 0 Å². The minimum atomic E-state index is -2.57. The number of halogens is 2. The maximum atomic E-state index is 12.6. The van der Waals surface area contributed by atoms with Gasteiger partial charge < -0.3 is 5.32 Å². The van der Waals surface area contributed by atoms with Gasteiger partial charge in [-0.2, -0.15) is 0 Å². The van der Waals surface area contributed by atoms with Crippen LogP contribution in [0.1, 0.15) is 19.8 Å². The van der Waals surface area contributed by atoms with Crippen LogP contribution >= 0.6 is 0 Å². The van der Waals surface area contributed by atoms with Gasteiger partial charge in [-0.05, 0) is 19.4 Å². The topological polar surface area (TPSA) is 29.1 Å². The largest absolute Gasteiger partial charge is 0.308 e. The van der Waals surface area contributed by atoms with Crippen molar-refractivity contribution in [1.29, 1.82) is 0 Å². The molecular formula is C9H13F2NO. The number of rotatable bonds is 3. The van der Waals surface area contributed by atoms with Gasteiger partial charge in [0.1, 0.15) is 0 Å². The average Bonchev–Trinajstić information content (AvgIpc) is 2.29. The molecule has 0 aromatic heterocycles. The smallest absolute Gasteiger partial charge is 0.261 e. The first-order chi connectivity index (χ1) is 5.99. The Kier molecular flexibility index (Phi) is 3.14. The molecule has 1 aliphatic rings. The summed E-state index contributed by atoms with van der Waals surface area (Å²) in [5.74, 6) is -2.63. The predicted octanol–water partition coefficient (Wildman–Crippen LogP) is 1.52. The lowest BCUT2D eigenvalue weighted by Gasteiger charge is -2.06. The molecule has 1 N–H and O–H groups in total. The molecule has 0 bridgehead atoms. The molecular weight excluding hydrogens is 176 g/mol. The summed E-state index contributed by atoms with van der Waals surface area (Å²) in [5, 5.41) is 2.71. The van der Waals surface area contributed by atoms with Crippen LogP contribution in [0.15, 0.2) is 12.2 Å². The highest BCUT2D eigenvalue weighted by molar-refractivity contribution is 5.87. The highest BCUT2D eigenvalue weighted by Gasteiger charge is 2.38. The van der Waals surface area contributed by atoms with Gasteiger partial charge in [-0.15, -0.1) is 0 Å². The van der Waals surface area contributed by atoms with Crippen molar-refractivity contribution in [3.05, 3.63) is 12.2 Å². The van der Waals surface area contributed by atoms with Crippen LogP contribution in [0.4, 0.5) is 8.78 Å². The first-order valence-electron chi connectivity index (χ1n) is 4.28. The molecule has 0 aromatic rings. The van der Waals surface area contributed by atoms with Crippen molar-refractivity contribution in [1.82, 2.24) is 5.32 Å². The second-order valence-corrected chi connectivity index (χ2v) is 3.39. The number of alkyl halides is 2. The van der Waals surface area contributed by atoms with Gasteiger partial charge in [0.15, 0.2) is 5.78 Å². The fourth-order valence-electron chi connectivity index (χ4n) is 1.36. The lowest BCUT2D eigenvalue weighted by Crippen LogP contribution is -2.21. The van der Waals surface area contributed by atoms with E-state index < -0.39 is 5.92 Å². The van der Waals surface area contributed by atoms with E-state index in [2.05, 4.69) is 5.32 Å². The van der Waals surface area contributed by atoms with E-state index in [1.165, 1.54) is 13.0 Å². The summed E-state index contributed by atoms with van der Waals surface area (Å²) < 4.78 is 25.3. The summed E-state index contributed by atoms with van der Waals surface area (Å²) in [7, 11) is 0. The van der Waals surface area contributed by atoms with Crippen molar-refractivity contribution in [2.24, 2.45) is 0 Å². The number of hydrogen-bond acceptors (Lipinski definition) is 2. The molecule has 0 aromatic carbocycles. The van der Waals surface area contributed by atoms with Crippen molar-refractivity contribution in [3.63, 3.8) is 0 Å². The van der Waals surface area contributed by atoms with Gasteiger partial charge >= 0.3 is 0 Å². The fraction of sp³-hybridized carbons (Fsp3) is 0.667. The zero-order valence-electron chi connectivity index (χ0n) is 7.52. The van der Waals surface area contributed by atoms with Crippen LogP contribution < -0.4 is 5.32 Å². The summed E-state index contributed by atoms with van der Waals surface area (Å²) in [6.45, 7) is 1.19. The summed E-state index contributed by atoms with van der Waals surface area (Å²) in [5.41, 5.74) is 0. The summed E-state index contributed by atoms with van der Waals surface area (Å²) in [6.07, 6.45) is 3.42. The second-order valence-electron chi connectivity index (χ2n) is 3.39. The van der Waals surface area contributed by atoms with Gasteiger partial charge in [0, 0.05) is 12.5 Å². The van der Waals surface area contributed by atoms with Crippen molar-refractivity contribution >= 4 is 5.78 Å². The lowest BCUT2D eigenvalue weighted by molar-refractivity contribution is -0.112. The van der Waals surface area contributed by atoms with Crippen molar-refractivity contribution < 1.29 is 13.6 Å². The fourth-order valence-corrected chi connectivity index (χ4v) is 1.36. The molecule has 1 heterocycles. The van der Waals surface area contributed by atoms with E-state index in [-0.39, 0.29) is 24.8 Å². The number of ketones is 1. The Labute approximate surface area is 76.0 Å². The highest BCUT2D eigenvalue weighted by Crippen LogP contribution is 2.26. The minimum Gasteiger partial charge on any atom is -0.308 e. The molecule has 0 aliphatic carbocycles. The number of carbonyl (C=O) groups is 1. The van der Waals surface area contributed by atoms with Crippen molar-refractivity contribution in [2.45, 2.75) is 31.7 Å².